The van der Waals surface area contributed by atoms with E-state index in [0.717, 1.165) is 17.7 Å². The number of phenols is 1. The molecular weight excluding hydrogens is 363 g/mol. The lowest BCUT2D eigenvalue weighted by molar-refractivity contribution is -0.138. The zero-order chi connectivity index (χ0) is 19.5. The fourth-order valence-corrected chi connectivity index (χ4v) is 4.74. The molecule has 0 bridgehead atoms. The minimum absolute atomic E-state index is 0.0580. The van der Waals surface area contributed by atoms with E-state index >= 15 is 0 Å². The molecule has 0 aliphatic carbocycles. The van der Waals surface area contributed by atoms with Gasteiger partial charge in [-0.3, -0.25) is 9.59 Å². The molecule has 3 fully saturated rings. The summed E-state index contributed by atoms with van der Waals surface area (Å²) in [6.45, 7) is 0.811. The first-order valence-electron chi connectivity index (χ1n) is 9.32. The second-order valence-corrected chi connectivity index (χ2v) is 7.50. The maximum Gasteiger partial charge on any atom is 0.257 e. The van der Waals surface area contributed by atoms with Gasteiger partial charge in [-0.1, -0.05) is 30.3 Å². The monoisotopic (exact) mass is 382 g/mol. The number of hydrogen-bond donors (Lipinski definition) is 1. The van der Waals surface area contributed by atoms with Crippen LogP contribution in [0.4, 0.5) is 4.39 Å². The fourth-order valence-electron chi connectivity index (χ4n) is 4.74. The summed E-state index contributed by atoms with van der Waals surface area (Å²) in [5.74, 6) is -1.46. The molecule has 1 N–H and O–H groups in total. The molecule has 0 aromatic heterocycles. The van der Waals surface area contributed by atoms with Crippen LogP contribution in [0.15, 0.2) is 48.5 Å². The van der Waals surface area contributed by atoms with Gasteiger partial charge in [-0.05, 0) is 23.8 Å². The number of nitrogens with zero attached hydrogens (tertiary/aromatic N) is 2. The summed E-state index contributed by atoms with van der Waals surface area (Å²) in [5, 5.41) is 9.64. The summed E-state index contributed by atoms with van der Waals surface area (Å²) < 4.78 is 20.6. The highest BCUT2D eigenvalue weighted by Gasteiger charge is 2.65. The van der Waals surface area contributed by atoms with Crippen molar-refractivity contribution in [2.75, 3.05) is 13.1 Å². The van der Waals surface area contributed by atoms with Crippen LogP contribution in [-0.2, 0) is 9.53 Å². The van der Waals surface area contributed by atoms with E-state index in [0.29, 0.717) is 19.5 Å². The molecular formula is C21H19FN2O4. The van der Waals surface area contributed by atoms with E-state index in [-0.39, 0.29) is 29.7 Å². The predicted octanol–water partition coefficient (Wildman–Crippen LogP) is 2.45. The van der Waals surface area contributed by atoms with Gasteiger partial charge < -0.3 is 19.6 Å². The number of rotatable bonds is 2. The van der Waals surface area contributed by atoms with Crippen LogP contribution in [0.5, 0.6) is 5.75 Å². The second kappa shape index (κ2) is 6.04. The summed E-state index contributed by atoms with van der Waals surface area (Å²) in [4.78, 5) is 28.9. The number of carbonyl (C=O) groups excluding carboxylic acids is 2. The Balaban J connectivity index is 1.46. The van der Waals surface area contributed by atoms with Crippen molar-refractivity contribution in [3.05, 3.63) is 65.5 Å². The molecule has 2 amide bonds. The lowest BCUT2D eigenvalue weighted by Crippen LogP contribution is -2.48. The first-order valence-corrected chi connectivity index (χ1v) is 9.32. The number of ether oxygens (including phenoxy) is 1. The molecule has 2 aromatic rings. The molecule has 7 heteroatoms. The molecule has 0 radical (unpaired) electrons. The number of phenolic OH excluding ortho intramolecular Hbond substituents is 1. The first-order chi connectivity index (χ1) is 13.5. The summed E-state index contributed by atoms with van der Waals surface area (Å²) in [6.07, 6.45) is 0.396. The highest BCUT2D eigenvalue weighted by Crippen LogP contribution is 2.50. The van der Waals surface area contributed by atoms with Crippen LogP contribution in [0.3, 0.4) is 0 Å². The Hall–Kier alpha value is -2.93. The van der Waals surface area contributed by atoms with Gasteiger partial charge in [-0.2, -0.15) is 0 Å². The first kappa shape index (κ1) is 17.2. The third-order valence-corrected chi connectivity index (χ3v) is 6.04. The predicted molar refractivity (Wildman–Crippen MR) is 96.8 cm³/mol. The molecule has 0 saturated carbocycles. The van der Waals surface area contributed by atoms with Crippen molar-refractivity contribution in [3.63, 3.8) is 0 Å². The molecule has 3 aliphatic heterocycles. The number of hydrogen-bond acceptors (Lipinski definition) is 4. The van der Waals surface area contributed by atoms with E-state index in [9.17, 15) is 19.1 Å². The van der Waals surface area contributed by atoms with Gasteiger partial charge in [0.25, 0.3) is 5.91 Å². The summed E-state index contributed by atoms with van der Waals surface area (Å²) in [6, 6.07) is 12.6. The van der Waals surface area contributed by atoms with Crippen molar-refractivity contribution in [2.24, 2.45) is 0 Å². The minimum atomic E-state index is -0.861. The number of carbonyl (C=O) groups is 2. The Kier molecular flexibility index (Phi) is 3.71. The zero-order valence-corrected chi connectivity index (χ0v) is 15.0. The van der Waals surface area contributed by atoms with Gasteiger partial charge in [0.05, 0.1) is 24.6 Å². The number of halogens is 1. The van der Waals surface area contributed by atoms with Crippen LogP contribution >= 0.6 is 0 Å². The largest absolute Gasteiger partial charge is 0.508 e. The molecule has 1 spiro atoms. The van der Waals surface area contributed by atoms with Crippen LogP contribution in [0, 0.1) is 5.82 Å². The third-order valence-electron chi connectivity index (χ3n) is 6.04. The maximum atomic E-state index is 14.2. The Bertz CT molecular complexity index is 966. The van der Waals surface area contributed by atoms with E-state index in [1.807, 2.05) is 30.3 Å². The van der Waals surface area contributed by atoms with Crippen molar-refractivity contribution in [2.45, 2.75) is 30.7 Å². The molecule has 2 aromatic carbocycles. The van der Waals surface area contributed by atoms with E-state index in [1.54, 1.807) is 4.90 Å². The van der Waals surface area contributed by atoms with Crippen molar-refractivity contribution >= 4 is 11.8 Å². The molecule has 3 atom stereocenters. The fraction of sp³-hybridized carbons (Fsp3) is 0.333. The SMILES string of the molecule is O=C(c1cc(O)ccc1F)N1CC[C@@]23O[C@@H](c4ccccc4)CN2C(=O)C[C@@H]13. The smallest absolute Gasteiger partial charge is 0.257 e. The van der Waals surface area contributed by atoms with E-state index in [2.05, 4.69) is 0 Å². The normalized spacial score (nSPS) is 28.5. The van der Waals surface area contributed by atoms with Gasteiger partial charge in [0.15, 0.2) is 5.72 Å². The van der Waals surface area contributed by atoms with Crippen molar-refractivity contribution in [3.8, 4) is 5.75 Å². The highest BCUT2D eigenvalue weighted by atomic mass is 19.1. The minimum Gasteiger partial charge on any atom is -0.508 e. The van der Waals surface area contributed by atoms with Crippen molar-refractivity contribution in [1.82, 2.24) is 9.80 Å². The molecule has 5 rings (SSSR count). The van der Waals surface area contributed by atoms with Gasteiger partial charge >= 0.3 is 0 Å². The van der Waals surface area contributed by atoms with Crippen LogP contribution in [0.25, 0.3) is 0 Å². The topological polar surface area (TPSA) is 70.1 Å². The molecule has 0 unspecified atom stereocenters. The lowest BCUT2D eigenvalue weighted by atomic mass is 10.1. The molecule has 144 valence electrons. The van der Waals surface area contributed by atoms with E-state index < -0.39 is 23.5 Å². The van der Waals surface area contributed by atoms with Crippen molar-refractivity contribution in [1.29, 1.82) is 0 Å². The average Bonchev–Trinajstić information content (AvgIpc) is 3.32. The Morgan fingerprint density at radius 2 is 2.00 bits per heavy atom. The van der Waals surface area contributed by atoms with Gasteiger partial charge in [-0.25, -0.2) is 4.39 Å². The Morgan fingerprint density at radius 3 is 2.79 bits per heavy atom. The number of likely N-dealkylation sites (tertiary alicyclic amines) is 1. The van der Waals surface area contributed by atoms with Gasteiger partial charge in [0.1, 0.15) is 17.7 Å². The zero-order valence-electron chi connectivity index (χ0n) is 15.0. The Morgan fingerprint density at radius 1 is 1.21 bits per heavy atom. The second-order valence-electron chi connectivity index (χ2n) is 7.50. The molecule has 3 saturated heterocycles. The number of amides is 2. The number of aromatic hydroxyl groups is 1. The molecule has 3 heterocycles. The van der Waals surface area contributed by atoms with Gasteiger partial charge in [0.2, 0.25) is 5.91 Å². The molecule has 28 heavy (non-hydrogen) atoms. The quantitative estimate of drug-likeness (QED) is 0.866. The maximum absolute atomic E-state index is 14.2. The Labute approximate surface area is 161 Å². The summed E-state index contributed by atoms with van der Waals surface area (Å²) in [7, 11) is 0. The van der Waals surface area contributed by atoms with Crippen molar-refractivity contribution < 1.29 is 23.8 Å². The van der Waals surface area contributed by atoms with E-state index in [4.69, 9.17) is 4.74 Å². The van der Waals surface area contributed by atoms with Crippen LogP contribution in [0.2, 0.25) is 0 Å². The lowest BCUT2D eigenvalue weighted by Gasteiger charge is -2.32. The third kappa shape index (κ3) is 2.36. The number of benzene rings is 2. The highest BCUT2D eigenvalue weighted by molar-refractivity contribution is 5.96. The standard InChI is InChI=1S/C21H19FN2O4/c22-16-7-6-14(25)10-15(16)20(27)23-9-8-21-18(23)11-19(26)24(21)12-17(28-21)13-4-2-1-3-5-13/h1-7,10,17-18,25H,8-9,11-12H2/t17-,18-,21+/m1/s1. The molecule has 3 aliphatic rings. The summed E-state index contributed by atoms with van der Waals surface area (Å²) >= 11 is 0. The summed E-state index contributed by atoms with van der Waals surface area (Å²) in [5.41, 5.74) is -0.0669. The average molecular weight is 382 g/mol. The van der Waals surface area contributed by atoms with Crippen LogP contribution in [-0.4, -0.2) is 51.6 Å². The molecule has 6 nitrogen and oxygen atoms in total. The van der Waals surface area contributed by atoms with Gasteiger partial charge in [0, 0.05) is 13.0 Å². The van der Waals surface area contributed by atoms with Crippen LogP contribution in [0.1, 0.15) is 34.9 Å². The van der Waals surface area contributed by atoms with Crippen LogP contribution < -0.4 is 0 Å². The van der Waals surface area contributed by atoms with E-state index in [1.165, 1.54) is 11.0 Å². The van der Waals surface area contributed by atoms with Gasteiger partial charge in [-0.15, -0.1) is 0 Å².